The van der Waals surface area contributed by atoms with Crippen LogP contribution in [0.3, 0.4) is 0 Å². The molecule has 0 unspecified atom stereocenters. The molecular weight excluding hydrogens is 317 g/mol. The van der Waals surface area contributed by atoms with Gasteiger partial charge < -0.3 is 10.2 Å². The van der Waals surface area contributed by atoms with Gasteiger partial charge in [0.1, 0.15) is 5.82 Å². The minimum Gasteiger partial charge on any atom is -0.336 e. The van der Waals surface area contributed by atoms with E-state index in [1.165, 1.54) is 25.0 Å². The van der Waals surface area contributed by atoms with E-state index < -0.39 is 5.82 Å². The molecule has 0 aliphatic carbocycles. The summed E-state index contributed by atoms with van der Waals surface area (Å²) in [5, 5.41) is 3.70. The van der Waals surface area contributed by atoms with E-state index in [-0.39, 0.29) is 11.5 Å². The molecule has 6 heteroatoms. The lowest BCUT2D eigenvalue weighted by molar-refractivity contribution is 0.0604. The van der Waals surface area contributed by atoms with E-state index in [1.807, 2.05) is 0 Å². The predicted molar refractivity (Wildman–Crippen MR) is 89.3 cm³/mol. The third kappa shape index (κ3) is 4.22. The molecule has 0 aromatic heterocycles. The fourth-order valence-electron chi connectivity index (χ4n) is 3.40. The Hall–Kier alpha value is -1.17. The van der Waals surface area contributed by atoms with Gasteiger partial charge in [-0.05, 0) is 50.0 Å². The maximum Gasteiger partial charge on any atom is 0.256 e. The molecule has 2 aliphatic rings. The zero-order valence-corrected chi connectivity index (χ0v) is 14.0. The summed E-state index contributed by atoms with van der Waals surface area (Å²) in [6, 6.07) is 4.23. The van der Waals surface area contributed by atoms with Crippen molar-refractivity contribution in [1.29, 1.82) is 0 Å². The van der Waals surface area contributed by atoms with E-state index in [4.69, 9.17) is 11.6 Å². The van der Waals surface area contributed by atoms with Crippen molar-refractivity contribution in [2.75, 3.05) is 45.8 Å². The van der Waals surface area contributed by atoms with Gasteiger partial charge in [0.05, 0.1) is 5.56 Å². The Labute approximate surface area is 141 Å². The van der Waals surface area contributed by atoms with E-state index in [0.717, 1.165) is 38.6 Å². The van der Waals surface area contributed by atoms with Crippen molar-refractivity contribution in [3.05, 3.63) is 34.6 Å². The first-order valence-corrected chi connectivity index (χ1v) is 8.68. The molecule has 0 radical (unpaired) electrons. The number of hydrogen-bond acceptors (Lipinski definition) is 3. The number of amides is 1. The molecule has 3 rings (SSSR count). The smallest absolute Gasteiger partial charge is 0.256 e. The Balaban J connectivity index is 1.52. The molecule has 2 aliphatic heterocycles. The van der Waals surface area contributed by atoms with Crippen molar-refractivity contribution in [1.82, 2.24) is 15.1 Å². The molecular formula is C17H23ClFN3O. The summed E-state index contributed by atoms with van der Waals surface area (Å²) in [6.07, 6.45) is 2.46. The van der Waals surface area contributed by atoms with E-state index >= 15 is 0 Å². The lowest BCUT2D eigenvalue weighted by atomic mass is 9.97. The molecule has 1 aromatic carbocycles. The maximum absolute atomic E-state index is 13.9. The SMILES string of the molecule is O=C(c1ccc(Cl)cc1F)N1CCN(CC2CCNCC2)CC1. The van der Waals surface area contributed by atoms with Crippen LogP contribution in [0.1, 0.15) is 23.2 Å². The molecule has 126 valence electrons. The molecule has 0 saturated carbocycles. The van der Waals surface area contributed by atoms with Crippen molar-refractivity contribution in [3.63, 3.8) is 0 Å². The predicted octanol–water partition coefficient (Wildman–Crippen LogP) is 2.24. The van der Waals surface area contributed by atoms with Crippen molar-refractivity contribution in [2.24, 2.45) is 5.92 Å². The number of piperazine rings is 1. The summed E-state index contributed by atoms with van der Waals surface area (Å²) in [4.78, 5) is 16.6. The van der Waals surface area contributed by atoms with Crippen LogP contribution in [0, 0.1) is 11.7 Å². The van der Waals surface area contributed by atoms with E-state index in [9.17, 15) is 9.18 Å². The number of hydrogen-bond donors (Lipinski definition) is 1. The van der Waals surface area contributed by atoms with Gasteiger partial charge in [0, 0.05) is 37.7 Å². The topological polar surface area (TPSA) is 35.6 Å². The number of piperidine rings is 1. The molecule has 0 bridgehead atoms. The monoisotopic (exact) mass is 339 g/mol. The van der Waals surface area contributed by atoms with Gasteiger partial charge in [-0.3, -0.25) is 9.69 Å². The molecule has 1 N–H and O–H groups in total. The maximum atomic E-state index is 13.9. The molecule has 2 fully saturated rings. The van der Waals surface area contributed by atoms with Crippen LogP contribution < -0.4 is 5.32 Å². The molecule has 0 spiro atoms. The summed E-state index contributed by atoms with van der Waals surface area (Å²) >= 11 is 5.74. The van der Waals surface area contributed by atoms with Crippen LogP contribution in [-0.4, -0.2) is 61.5 Å². The Kier molecular flexibility index (Phi) is 5.51. The number of carbonyl (C=O) groups excluding carboxylic acids is 1. The molecule has 1 amide bonds. The zero-order valence-electron chi connectivity index (χ0n) is 13.2. The third-order valence-electron chi connectivity index (χ3n) is 4.80. The van der Waals surface area contributed by atoms with Crippen LogP contribution in [0.15, 0.2) is 18.2 Å². The largest absolute Gasteiger partial charge is 0.336 e. The zero-order chi connectivity index (χ0) is 16.2. The van der Waals surface area contributed by atoms with Gasteiger partial charge in [0.15, 0.2) is 0 Å². The first kappa shape index (κ1) is 16.7. The Morgan fingerprint density at radius 3 is 2.57 bits per heavy atom. The highest BCUT2D eigenvalue weighted by Gasteiger charge is 2.25. The molecule has 4 nitrogen and oxygen atoms in total. The minimum atomic E-state index is -0.542. The second-order valence-electron chi connectivity index (χ2n) is 6.41. The normalized spacial score (nSPS) is 20.7. The first-order valence-electron chi connectivity index (χ1n) is 8.31. The van der Waals surface area contributed by atoms with Gasteiger partial charge >= 0.3 is 0 Å². The van der Waals surface area contributed by atoms with Crippen LogP contribution in [0.4, 0.5) is 4.39 Å². The van der Waals surface area contributed by atoms with Crippen molar-refractivity contribution in [2.45, 2.75) is 12.8 Å². The molecule has 0 atom stereocenters. The van der Waals surface area contributed by atoms with Crippen molar-refractivity contribution in [3.8, 4) is 0 Å². The minimum absolute atomic E-state index is 0.112. The number of halogens is 2. The third-order valence-corrected chi connectivity index (χ3v) is 5.03. The Bertz CT molecular complexity index is 555. The molecule has 23 heavy (non-hydrogen) atoms. The summed E-state index contributed by atoms with van der Waals surface area (Å²) in [5.41, 5.74) is 0.112. The summed E-state index contributed by atoms with van der Waals surface area (Å²) in [7, 11) is 0. The molecule has 2 heterocycles. The Morgan fingerprint density at radius 2 is 1.91 bits per heavy atom. The van der Waals surface area contributed by atoms with E-state index in [0.29, 0.717) is 18.1 Å². The highest BCUT2D eigenvalue weighted by molar-refractivity contribution is 6.30. The number of nitrogens with one attached hydrogen (secondary N) is 1. The number of benzene rings is 1. The summed E-state index contributed by atoms with van der Waals surface area (Å²) in [5.74, 6) is -0.0208. The lowest BCUT2D eigenvalue weighted by Gasteiger charge is -2.37. The first-order chi connectivity index (χ1) is 11.1. The van der Waals surface area contributed by atoms with Crippen molar-refractivity contribution >= 4 is 17.5 Å². The molecule has 1 aromatic rings. The van der Waals surface area contributed by atoms with Crippen LogP contribution in [-0.2, 0) is 0 Å². The van der Waals surface area contributed by atoms with Gasteiger partial charge in [0.2, 0.25) is 0 Å². The van der Waals surface area contributed by atoms with Crippen LogP contribution >= 0.6 is 11.6 Å². The van der Waals surface area contributed by atoms with Gasteiger partial charge in [-0.2, -0.15) is 0 Å². The van der Waals surface area contributed by atoms with Crippen molar-refractivity contribution < 1.29 is 9.18 Å². The van der Waals surface area contributed by atoms with Gasteiger partial charge in [-0.25, -0.2) is 4.39 Å². The fourth-order valence-corrected chi connectivity index (χ4v) is 3.56. The summed E-state index contributed by atoms with van der Waals surface area (Å²) < 4.78 is 13.9. The molecule has 2 saturated heterocycles. The van der Waals surface area contributed by atoms with Gasteiger partial charge in [-0.15, -0.1) is 0 Å². The standard InChI is InChI=1S/C17H23ClFN3O/c18-14-1-2-15(16(19)11-14)17(23)22-9-7-21(8-10-22)12-13-3-5-20-6-4-13/h1-2,11,13,20H,3-10,12H2. The lowest BCUT2D eigenvalue weighted by Crippen LogP contribution is -2.50. The van der Waals surface area contributed by atoms with Crippen LogP contribution in [0.25, 0.3) is 0 Å². The summed E-state index contributed by atoms with van der Waals surface area (Å²) in [6.45, 7) is 6.38. The van der Waals surface area contributed by atoms with Gasteiger partial charge in [-0.1, -0.05) is 11.6 Å². The van der Waals surface area contributed by atoms with Crippen LogP contribution in [0.5, 0.6) is 0 Å². The Morgan fingerprint density at radius 1 is 1.22 bits per heavy atom. The number of carbonyl (C=O) groups is 1. The average molecular weight is 340 g/mol. The average Bonchev–Trinajstić information content (AvgIpc) is 2.56. The highest BCUT2D eigenvalue weighted by Crippen LogP contribution is 2.18. The second kappa shape index (κ2) is 7.60. The quantitative estimate of drug-likeness (QED) is 0.917. The van der Waals surface area contributed by atoms with E-state index in [2.05, 4.69) is 10.2 Å². The number of nitrogens with zero attached hydrogens (tertiary/aromatic N) is 2. The van der Waals surface area contributed by atoms with Gasteiger partial charge in [0.25, 0.3) is 5.91 Å². The fraction of sp³-hybridized carbons (Fsp3) is 0.588. The highest BCUT2D eigenvalue weighted by atomic mass is 35.5. The number of rotatable bonds is 3. The van der Waals surface area contributed by atoms with E-state index in [1.54, 1.807) is 11.0 Å². The van der Waals surface area contributed by atoms with Crippen LogP contribution in [0.2, 0.25) is 5.02 Å². The second-order valence-corrected chi connectivity index (χ2v) is 6.85.